The molecular formula is C14H18N4O2. The molecule has 0 atom stereocenters. The van der Waals surface area contributed by atoms with Crippen molar-refractivity contribution in [3.63, 3.8) is 0 Å². The summed E-state index contributed by atoms with van der Waals surface area (Å²) in [5.74, 6) is 0.100. The standard InChI is InChI=1S/C14H18N4O2/c1-5-10-8-11(6-2)18(17-10)12-7-9(3)15-13(16-12)14(19)20-4/h7-8H,5-6H2,1-4H3. The first-order valence-corrected chi connectivity index (χ1v) is 6.61. The number of ether oxygens (including phenoxy) is 1. The van der Waals surface area contributed by atoms with Crippen LogP contribution in [0, 0.1) is 6.92 Å². The Bertz CT molecular complexity index is 634. The summed E-state index contributed by atoms with van der Waals surface area (Å²) in [6.45, 7) is 5.92. The molecule has 2 aromatic heterocycles. The molecule has 2 aromatic rings. The maximum atomic E-state index is 11.6. The molecule has 6 heteroatoms. The van der Waals surface area contributed by atoms with Crippen molar-refractivity contribution in [3.8, 4) is 5.82 Å². The molecule has 0 saturated heterocycles. The summed E-state index contributed by atoms with van der Waals surface area (Å²) >= 11 is 0. The number of carbonyl (C=O) groups excluding carboxylic acids is 1. The van der Waals surface area contributed by atoms with E-state index in [-0.39, 0.29) is 5.82 Å². The van der Waals surface area contributed by atoms with Crippen LogP contribution < -0.4 is 0 Å². The van der Waals surface area contributed by atoms with Crippen LogP contribution in [0.5, 0.6) is 0 Å². The van der Waals surface area contributed by atoms with E-state index in [1.54, 1.807) is 10.7 Å². The monoisotopic (exact) mass is 274 g/mol. The normalized spacial score (nSPS) is 10.6. The molecule has 106 valence electrons. The lowest BCUT2D eigenvalue weighted by Gasteiger charge is -2.07. The number of hydrogen-bond donors (Lipinski definition) is 0. The molecule has 0 spiro atoms. The fourth-order valence-corrected chi connectivity index (χ4v) is 1.94. The quantitative estimate of drug-likeness (QED) is 0.796. The molecule has 2 heterocycles. The lowest BCUT2D eigenvalue weighted by molar-refractivity contribution is 0.0586. The third-order valence-corrected chi connectivity index (χ3v) is 2.98. The number of esters is 1. The van der Waals surface area contributed by atoms with E-state index in [9.17, 15) is 4.79 Å². The highest BCUT2D eigenvalue weighted by molar-refractivity contribution is 5.85. The van der Waals surface area contributed by atoms with Crippen molar-refractivity contribution in [2.45, 2.75) is 33.6 Å². The Hall–Kier alpha value is -2.24. The average Bonchev–Trinajstić information content (AvgIpc) is 2.89. The van der Waals surface area contributed by atoms with Crippen LogP contribution in [0.2, 0.25) is 0 Å². The predicted molar refractivity (Wildman–Crippen MR) is 74.0 cm³/mol. The second kappa shape index (κ2) is 5.81. The molecule has 0 unspecified atom stereocenters. The molecule has 0 fully saturated rings. The van der Waals surface area contributed by atoms with Gasteiger partial charge < -0.3 is 4.74 Å². The van der Waals surface area contributed by atoms with Crippen LogP contribution in [-0.2, 0) is 17.6 Å². The lowest BCUT2D eigenvalue weighted by atomic mass is 10.2. The van der Waals surface area contributed by atoms with Gasteiger partial charge in [0, 0.05) is 17.5 Å². The number of aryl methyl sites for hydroxylation is 3. The Kier molecular flexibility index (Phi) is 4.12. The number of methoxy groups -OCH3 is 1. The number of carbonyl (C=O) groups is 1. The first-order chi connectivity index (χ1) is 9.58. The van der Waals surface area contributed by atoms with Crippen molar-refractivity contribution in [1.29, 1.82) is 0 Å². The van der Waals surface area contributed by atoms with Crippen molar-refractivity contribution < 1.29 is 9.53 Å². The van der Waals surface area contributed by atoms with Gasteiger partial charge in [-0.1, -0.05) is 13.8 Å². The second-order valence-electron chi connectivity index (χ2n) is 4.43. The van der Waals surface area contributed by atoms with Gasteiger partial charge in [-0.3, -0.25) is 0 Å². The van der Waals surface area contributed by atoms with Gasteiger partial charge in [0.1, 0.15) is 0 Å². The highest BCUT2D eigenvalue weighted by Gasteiger charge is 2.15. The van der Waals surface area contributed by atoms with Crippen LogP contribution in [0.3, 0.4) is 0 Å². The van der Waals surface area contributed by atoms with Crippen LogP contribution in [0.25, 0.3) is 5.82 Å². The van der Waals surface area contributed by atoms with E-state index >= 15 is 0 Å². The van der Waals surface area contributed by atoms with Crippen molar-refractivity contribution in [3.05, 3.63) is 35.0 Å². The van der Waals surface area contributed by atoms with Crippen molar-refractivity contribution in [2.75, 3.05) is 7.11 Å². The predicted octanol–water partition coefficient (Wildman–Crippen LogP) is 1.88. The minimum atomic E-state index is -0.545. The molecule has 0 bridgehead atoms. The molecule has 2 rings (SSSR count). The molecule has 20 heavy (non-hydrogen) atoms. The van der Waals surface area contributed by atoms with Crippen LogP contribution in [0.4, 0.5) is 0 Å². The van der Waals surface area contributed by atoms with E-state index in [1.165, 1.54) is 7.11 Å². The van der Waals surface area contributed by atoms with Gasteiger partial charge in [0.05, 0.1) is 12.8 Å². The molecule has 6 nitrogen and oxygen atoms in total. The van der Waals surface area contributed by atoms with E-state index in [0.29, 0.717) is 11.5 Å². The van der Waals surface area contributed by atoms with Crippen molar-refractivity contribution >= 4 is 5.97 Å². The number of hydrogen-bond acceptors (Lipinski definition) is 5. The smallest absolute Gasteiger partial charge is 0.376 e. The minimum absolute atomic E-state index is 0.0538. The first kappa shape index (κ1) is 14.2. The summed E-state index contributed by atoms with van der Waals surface area (Å²) in [6, 6.07) is 3.85. The third kappa shape index (κ3) is 2.68. The number of aromatic nitrogens is 4. The molecule has 0 N–H and O–H groups in total. The van der Waals surface area contributed by atoms with Crippen LogP contribution in [0.15, 0.2) is 12.1 Å². The van der Waals surface area contributed by atoms with Gasteiger partial charge in [-0.15, -0.1) is 0 Å². The summed E-state index contributed by atoms with van der Waals surface area (Å²) in [6.07, 6.45) is 1.69. The Morgan fingerprint density at radius 2 is 2.00 bits per heavy atom. The molecular weight excluding hydrogens is 256 g/mol. The van der Waals surface area contributed by atoms with Gasteiger partial charge in [0.15, 0.2) is 5.82 Å². The van der Waals surface area contributed by atoms with Crippen molar-refractivity contribution in [2.24, 2.45) is 0 Å². The van der Waals surface area contributed by atoms with Gasteiger partial charge >= 0.3 is 5.97 Å². The van der Waals surface area contributed by atoms with E-state index < -0.39 is 5.97 Å². The van der Waals surface area contributed by atoms with Gasteiger partial charge in [0.25, 0.3) is 0 Å². The number of nitrogens with zero attached hydrogens (tertiary/aromatic N) is 4. The molecule has 0 saturated carbocycles. The SMILES string of the molecule is CCc1cc(CC)n(-c2cc(C)nc(C(=O)OC)n2)n1. The third-order valence-electron chi connectivity index (χ3n) is 2.98. The molecule has 0 aliphatic rings. The molecule has 0 radical (unpaired) electrons. The zero-order valence-electron chi connectivity index (χ0n) is 12.2. The summed E-state index contributed by atoms with van der Waals surface area (Å²) in [5.41, 5.74) is 2.75. The zero-order valence-corrected chi connectivity index (χ0v) is 12.2. The first-order valence-electron chi connectivity index (χ1n) is 6.61. The molecule has 0 amide bonds. The maximum absolute atomic E-state index is 11.6. The highest BCUT2D eigenvalue weighted by Crippen LogP contribution is 2.13. The van der Waals surface area contributed by atoms with E-state index in [0.717, 1.165) is 24.2 Å². The average molecular weight is 274 g/mol. The second-order valence-corrected chi connectivity index (χ2v) is 4.43. The lowest BCUT2D eigenvalue weighted by Crippen LogP contribution is -2.13. The Balaban J connectivity index is 2.54. The summed E-state index contributed by atoms with van der Waals surface area (Å²) in [4.78, 5) is 19.9. The fourth-order valence-electron chi connectivity index (χ4n) is 1.94. The maximum Gasteiger partial charge on any atom is 0.376 e. The highest BCUT2D eigenvalue weighted by atomic mass is 16.5. The molecule has 0 aliphatic carbocycles. The molecule has 0 aromatic carbocycles. The Morgan fingerprint density at radius 3 is 2.60 bits per heavy atom. The van der Waals surface area contributed by atoms with E-state index in [2.05, 4.69) is 39.7 Å². The topological polar surface area (TPSA) is 69.9 Å². The van der Waals surface area contributed by atoms with E-state index in [1.807, 2.05) is 6.92 Å². The minimum Gasteiger partial charge on any atom is -0.463 e. The number of rotatable bonds is 4. The fraction of sp³-hybridized carbons (Fsp3) is 0.429. The van der Waals surface area contributed by atoms with Crippen LogP contribution in [0.1, 0.15) is 41.5 Å². The van der Waals surface area contributed by atoms with E-state index in [4.69, 9.17) is 0 Å². The van der Waals surface area contributed by atoms with Crippen LogP contribution in [-0.4, -0.2) is 32.8 Å². The Morgan fingerprint density at radius 1 is 1.25 bits per heavy atom. The summed E-state index contributed by atoms with van der Waals surface area (Å²) < 4.78 is 6.44. The van der Waals surface area contributed by atoms with Gasteiger partial charge in [-0.2, -0.15) is 5.10 Å². The molecule has 0 aliphatic heterocycles. The Labute approximate surface area is 117 Å². The van der Waals surface area contributed by atoms with Gasteiger partial charge in [-0.25, -0.2) is 19.4 Å². The van der Waals surface area contributed by atoms with Gasteiger partial charge in [0.2, 0.25) is 5.82 Å². The van der Waals surface area contributed by atoms with Crippen molar-refractivity contribution in [1.82, 2.24) is 19.7 Å². The largest absolute Gasteiger partial charge is 0.463 e. The zero-order chi connectivity index (χ0) is 14.7. The summed E-state index contributed by atoms with van der Waals surface area (Å²) in [7, 11) is 1.31. The van der Waals surface area contributed by atoms with Crippen LogP contribution >= 0.6 is 0 Å². The summed E-state index contributed by atoms with van der Waals surface area (Å²) in [5, 5.41) is 4.51. The van der Waals surface area contributed by atoms with Gasteiger partial charge in [-0.05, 0) is 25.8 Å².